The predicted molar refractivity (Wildman–Crippen MR) is 93.8 cm³/mol. The zero-order chi connectivity index (χ0) is 16.2. The Morgan fingerprint density at radius 1 is 1.26 bits per heavy atom. The molecule has 0 saturated heterocycles. The number of nitrogens with two attached hydrogens (primary N) is 1. The molecule has 0 atom stereocenters. The van der Waals surface area contributed by atoms with Gasteiger partial charge in [0.05, 0.1) is 0 Å². The maximum atomic E-state index is 11.8. The Morgan fingerprint density at radius 3 is 2.74 bits per heavy atom. The van der Waals surface area contributed by atoms with Crippen molar-refractivity contribution >= 4 is 34.4 Å². The lowest BCUT2D eigenvalue weighted by molar-refractivity contribution is -0.112. The number of anilines is 1. The third-order valence-electron chi connectivity index (χ3n) is 3.58. The SMILES string of the molecule is CCNc1ccc2c(C=C(C(N)=O)c3ccccc3)c[nH]c2n1. The second-order valence-electron chi connectivity index (χ2n) is 5.16. The average molecular weight is 306 g/mol. The fraction of sp³-hybridized carbons (Fsp3) is 0.111. The lowest BCUT2D eigenvalue weighted by Crippen LogP contribution is -2.12. The number of pyridine rings is 1. The molecule has 1 aromatic carbocycles. The second kappa shape index (κ2) is 6.36. The van der Waals surface area contributed by atoms with Crippen LogP contribution in [0.5, 0.6) is 0 Å². The number of hydrogen-bond donors (Lipinski definition) is 3. The van der Waals surface area contributed by atoms with Gasteiger partial charge in [-0.25, -0.2) is 4.98 Å². The van der Waals surface area contributed by atoms with Gasteiger partial charge in [0, 0.05) is 29.3 Å². The number of fused-ring (bicyclic) bond motifs is 1. The molecule has 116 valence electrons. The average Bonchev–Trinajstić information content (AvgIpc) is 2.95. The Bertz CT molecular complexity index is 865. The molecule has 0 aliphatic carbocycles. The van der Waals surface area contributed by atoms with Crippen molar-refractivity contribution in [3.05, 3.63) is 59.8 Å². The Balaban J connectivity index is 2.06. The summed E-state index contributed by atoms with van der Waals surface area (Å²) < 4.78 is 0. The van der Waals surface area contributed by atoms with E-state index in [-0.39, 0.29) is 0 Å². The van der Waals surface area contributed by atoms with E-state index in [9.17, 15) is 4.79 Å². The van der Waals surface area contributed by atoms with Gasteiger partial charge >= 0.3 is 0 Å². The lowest BCUT2D eigenvalue weighted by Gasteiger charge is -2.04. The van der Waals surface area contributed by atoms with Crippen LogP contribution >= 0.6 is 0 Å². The van der Waals surface area contributed by atoms with Gasteiger partial charge in [0.25, 0.3) is 0 Å². The quantitative estimate of drug-likeness (QED) is 0.634. The third kappa shape index (κ3) is 3.08. The molecule has 3 rings (SSSR count). The van der Waals surface area contributed by atoms with Crippen LogP contribution in [0.25, 0.3) is 22.7 Å². The van der Waals surface area contributed by atoms with Crippen LogP contribution in [0.3, 0.4) is 0 Å². The minimum atomic E-state index is -0.456. The van der Waals surface area contributed by atoms with E-state index in [1.165, 1.54) is 0 Å². The highest BCUT2D eigenvalue weighted by Gasteiger charge is 2.10. The first-order chi connectivity index (χ1) is 11.2. The molecule has 0 aliphatic rings. The molecule has 0 saturated carbocycles. The zero-order valence-corrected chi connectivity index (χ0v) is 12.8. The van der Waals surface area contributed by atoms with E-state index in [4.69, 9.17) is 5.73 Å². The first-order valence-corrected chi connectivity index (χ1v) is 7.48. The van der Waals surface area contributed by atoms with Crippen molar-refractivity contribution in [3.8, 4) is 0 Å². The molecule has 3 aromatic rings. The van der Waals surface area contributed by atoms with E-state index in [2.05, 4.69) is 15.3 Å². The van der Waals surface area contributed by atoms with Crippen molar-refractivity contribution in [3.63, 3.8) is 0 Å². The number of aromatic nitrogens is 2. The second-order valence-corrected chi connectivity index (χ2v) is 5.16. The van der Waals surface area contributed by atoms with Crippen molar-refractivity contribution in [1.82, 2.24) is 9.97 Å². The van der Waals surface area contributed by atoms with Crippen molar-refractivity contribution in [2.24, 2.45) is 5.73 Å². The molecule has 0 bridgehead atoms. The maximum absolute atomic E-state index is 11.8. The predicted octanol–water partition coefficient (Wildman–Crippen LogP) is 3.02. The summed E-state index contributed by atoms with van der Waals surface area (Å²) in [6.07, 6.45) is 3.63. The number of nitrogens with one attached hydrogen (secondary N) is 2. The molecule has 2 heterocycles. The maximum Gasteiger partial charge on any atom is 0.249 e. The highest BCUT2D eigenvalue weighted by Crippen LogP contribution is 2.24. The van der Waals surface area contributed by atoms with Crippen LogP contribution in [-0.4, -0.2) is 22.4 Å². The molecular weight excluding hydrogens is 288 g/mol. The van der Waals surface area contributed by atoms with Crippen LogP contribution in [0.2, 0.25) is 0 Å². The molecule has 5 heteroatoms. The van der Waals surface area contributed by atoms with Crippen molar-refractivity contribution in [2.75, 3.05) is 11.9 Å². The summed E-state index contributed by atoms with van der Waals surface area (Å²) in [6.45, 7) is 2.83. The van der Waals surface area contributed by atoms with Crippen LogP contribution in [0.15, 0.2) is 48.7 Å². The van der Waals surface area contributed by atoms with Gasteiger partial charge in [0.2, 0.25) is 5.91 Å². The van der Waals surface area contributed by atoms with Crippen LogP contribution in [0.4, 0.5) is 5.82 Å². The molecule has 5 nitrogen and oxygen atoms in total. The van der Waals surface area contributed by atoms with Crippen LogP contribution in [0, 0.1) is 0 Å². The summed E-state index contributed by atoms with van der Waals surface area (Å²) in [7, 11) is 0. The Hall–Kier alpha value is -3.08. The summed E-state index contributed by atoms with van der Waals surface area (Å²) in [5, 5.41) is 4.12. The largest absolute Gasteiger partial charge is 0.370 e. The van der Waals surface area contributed by atoms with Crippen molar-refractivity contribution in [2.45, 2.75) is 6.92 Å². The van der Waals surface area contributed by atoms with E-state index < -0.39 is 5.91 Å². The molecular formula is C18H18N4O. The van der Waals surface area contributed by atoms with Gasteiger partial charge < -0.3 is 16.0 Å². The zero-order valence-electron chi connectivity index (χ0n) is 12.8. The summed E-state index contributed by atoms with van der Waals surface area (Å²) >= 11 is 0. The number of hydrogen-bond acceptors (Lipinski definition) is 3. The van der Waals surface area contributed by atoms with Gasteiger partial charge in [-0.15, -0.1) is 0 Å². The van der Waals surface area contributed by atoms with Gasteiger partial charge in [0.15, 0.2) is 0 Å². The smallest absolute Gasteiger partial charge is 0.249 e. The summed E-state index contributed by atoms with van der Waals surface area (Å²) in [4.78, 5) is 19.5. The fourth-order valence-electron chi connectivity index (χ4n) is 2.49. The van der Waals surface area contributed by atoms with Gasteiger partial charge in [0.1, 0.15) is 11.5 Å². The molecule has 0 unspecified atom stereocenters. The monoisotopic (exact) mass is 306 g/mol. The number of benzene rings is 1. The van der Waals surface area contributed by atoms with Crippen molar-refractivity contribution in [1.29, 1.82) is 0 Å². The van der Waals surface area contributed by atoms with E-state index in [1.54, 1.807) is 6.08 Å². The highest BCUT2D eigenvalue weighted by molar-refractivity contribution is 6.24. The fourth-order valence-corrected chi connectivity index (χ4v) is 2.49. The minimum Gasteiger partial charge on any atom is -0.370 e. The van der Waals surface area contributed by atoms with Crippen LogP contribution in [-0.2, 0) is 4.79 Å². The van der Waals surface area contributed by atoms with Crippen LogP contribution in [0.1, 0.15) is 18.1 Å². The van der Waals surface area contributed by atoms with Gasteiger partial charge in [-0.3, -0.25) is 4.79 Å². The van der Waals surface area contributed by atoms with E-state index in [0.29, 0.717) is 5.57 Å². The number of nitrogens with zero attached hydrogens (tertiary/aromatic N) is 1. The van der Waals surface area contributed by atoms with E-state index in [0.717, 1.165) is 34.5 Å². The first kappa shape index (κ1) is 14.8. The summed E-state index contributed by atoms with van der Waals surface area (Å²) in [5.41, 5.74) is 8.47. The normalized spacial score (nSPS) is 11.6. The Morgan fingerprint density at radius 2 is 2.04 bits per heavy atom. The molecule has 0 radical (unpaired) electrons. The number of amides is 1. The van der Waals surface area contributed by atoms with E-state index in [1.807, 2.05) is 55.6 Å². The molecule has 1 amide bonds. The topological polar surface area (TPSA) is 83.8 Å². The molecule has 0 aliphatic heterocycles. The standard InChI is InChI=1S/C18H18N4O/c1-2-20-16-9-8-14-13(11-21-18(14)22-16)10-15(17(19)23)12-6-4-3-5-7-12/h3-11H,2H2,1H3,(H2,19,23)(H2,20,21,22). The van der Waals surface area contributed by atoms with Gasteiger partial charge in [-0.05, 0) is 30.7 Å². The Kier molecular flexibility index (Phi) is 4.10. The molecule has 0 fully saturated rings. The number of carbonyl (C=O) groups is 1. The van der Waals surface area contributed by atoms with Gasteiger partial charge in [-0.1, -0.05) is 30.3 Å². The number of carbonyl (C=O) groups excluding carboxylic acids is 1. The van der Waals surface area contributed by atoms with Crippen LogP contribution < -0.4 is 11.1 Å². The summed E-state index contributed by atoms with van der Waals surface area (Å²) in [5.74, 6) is 0.360. The molecule has 0 spiro atoms. The molecule has 23 heavy (non-hydrogen) atoms. The minimum absolute atomic E-state index is 0.456. The van der Waals surface area contributed by atoms with E-state index >= 15 is 0 Å². The number of rotatable bonds is 5. The first-order valence-electron chi connectivity index (χ1n) is 7.48. The highest BCUT2D eigenvalue weighted by atomic mass is 16.1. The number of aromatic amines is 1. The van der Waals surface area contributed by atoms with Crippen molar-refractivity contribution < 1.29 is 4.79 Å². The van der Waals surface area contributed by atoms with Gasteiger partial charge in [-0.2, -0.15) is 0 Å². The Labute approximate surface area is 134 Å². The number of H-pyrrole nitrogens is 1. The molecule has 4 N–H and O–H groups in total. The molecule has 2 aromatic heterocycles. The summed E-state index contributed by atoms with van der Waals surface area (Å²) in [6, 6.07) is 13.3. The third-order valence-corrected chi connectivity index (χ3v) is 3.58. The number of primary amides is 1. The lowest BCUT2D eigenvalue weighted by atomic mass is 10.0.